The maximum atomic E-state index is 14.1. The first-order valence-corrected chi connectivity index (χ1v) is 11.2. The molecule has 1 aromatic carbocycles. The number of benzene rings is 1. The fourth-order valence-corrected chi connectivity index (χ4v) is 4.03. The van der Waals surface area contributed by atoms with Gasteiger partial charge in [0.2, 0.25) is 0 Å². The molecule has 0 radical (unpaired) electrons. The monoisotopic (exact) mass is 473 g/mol. The standard InChI is InChI=1S/C26H21F2N5O2/c1-33(14-18-11-31-23(8-27)22-13-30-12-21(18)22)26(34)17-7-24(35-20-2-3-20)25(32-10-17)16-4-15(9-29)5-19(28)6-16/h4-7,10-11,13,20H,2-3,8,12,14H2,1H3. The minimum Gasteiger partial charge on any atom is -0.488 e. The largest absolute Gasteiger partial charge is 0.488 e. The summed E-state index contributed by atoms with van der Waals surface area (Å²) in [4.78, 5) is 27.6. The molecule has 1 aliphatic carbocycles. The second kappa shape index (κ2) is 9.22. The molecule has 5 rings (SSSR count). The summed E-state index contributed by atoms with van der Waals surface area (Å²) < 4.78 is 33.3. The zero-order valence-corrected chi connectivity index (χ0v) is 19.0. The SMILES string of the molecule is CN(Cc1cnc(CF)c2c1CN=C2)C(=O)c1cnc(-c2cc(F)cc(C#N)c2)c(OC2CC2)c1. The molecule has 176 valence electrons. The Morgan fingerprint density at radius 1 is 1.23 bits per heavy atom. The lowest BCUT2D eigenvalue weighted by Crippen LogP contribution is -2.27. The van der Waals surface area contributed by atoms with Gasteiger partial charge in [-0.2, -0.15) is 5.26 Å². The lowest BCUT2D eigenvalue weighted by atomic mass is 10.0. The van der Waals surface area contributed by atoms with Gasteiger partial charge in [0, 0.05) is 43.3 Å². The number of rotatable bonds is 7. The van der Waals surface area contributed by atoms with Crippen LogP contribution in [0.2, 0.25) is 0 Å². The van der Waals surface area contributed by atoms with E-state index in [1.807, 2.05) is 6.07 Å². The molecular weight excluding hydrogens is 452 g/mol. The lowest BCUT2D eigenvalue weighted by molar-refractivity contribution is 0.0783. The van der Waals surface area contributed by atoms with Gasteiger partial charge in [-0.15, -0.1) is 0 Å². The summed E-state index contributed by atoms with van der Waals surface area (Å²) in [6, 6.07) is 7.51. The minimum atomic E-state index is -0.674. The first-order chi connectivity index (χ1) is 17.0. The Morgan fingerprint density at radius 3 is 2.80 bits per heavy atom. The van der Waals surface area contributed by atoms with Gasteiger partial charge in [0.05, 0.1) is 35.5 Å². The summed E-state index contributed by atoms with van der Waals surface area (Å²) >= 11 is 0. The van der Waals surface area contributed by atoms with Crippen LogP contribution < -0.4 is 4.74 Å². The molecule has 3 heterocycles. The third-order valence-electron chi connectivity index (χ3n) is 5.97. The van der Waals surface area contributed by atoms with Gasteiger partial charge in [-0.3, -0.25) is 19.8 Å². The molecule has 0 bridgehead atoms. The molecule has 3 aromatic rings. The molecule has 2 aliphatic rings. The fourth-order valence-electron chi connectivity index (χ4n) is 4.03. The highest BCUT2D eigenvalue weighted by Crippen LogP contribution is 2.35. The smallest absolute Gasteiger partial charge is 0.255 e. The third-order valence-corrected chi connectivity index (χ3v) is 5.97. The van der Waals surface area contributed by atoms with E-state index in [0.29, 0.717) is 40.4 Å². The van der Waals surface area contributed by atoms with Crippen molar-refractivity contribution in [1.82, 2.24) is 14.9 Å². The highest BCUT2D eigenvalue weighted by atomic mass is 19.1. The Bertz CT molecular complexity index is 1400. The van der Waals surface area contributed by atoms with E-state index in [1.165, 1.54) is 23.2 Å². The van der Waals surface area contributed by atoms with Crippen molar-refractivity contribution in [2.45, 2.75) is 38.7 Å². The molecular formula is C26H21F2N5O2. The van der Waals surface area contributed by atoms with Gasteiger partial charge in [-0.1, -0.05) is 0 Å². The number of fused-ring (bicyclic) bond motifs is 1. The summed E-state index contributed by atoms with van der Waals surface area (Å²) in [6.45, 7) is 0.0165. The summed E-state index contributed by atoms with van der Waals surface area (Å²) in [5.74, 6) is -0.476. The average molecular weight is 473 g/mol. The number of alkyl halides is 1. The maximum Gasteiger partial charge on any atom is 0.255 e. The predicted octanol–water partition coefficient (Wildman–Crippen LogP) is 4.37. The van der Waals surface area contributed by atoms with E-state index in [1.54, 1.807) is 25.5 Å². The molecule has 1 saturated carbocycles. The van der Waals surface area contributed by atoms with Gasteiger partial charge < -0.3 is 9.64 Å². The highest BCUT2D eigenvalue weighted by Gasteiger charge is 2.27. The van der Waals surface area contributed by atoms with Gasteiger partial charge in [0.25, 0.3) is 5.91 Å². The normalized spacial score (nSPS) is 13.9. The number of halogens is 2. The molecule has 9 heteroatoms. The van der Waals surface area contributed by atoms with Crippen LogP contribution in [0.25, 0.3) is 11.3 Å². The van der Waals surface area contributed by atoms with Crippen molar-refractivity contribution in [3.8, 4) is 23.1 Å². The number of pyridine rings is 2. The Morgan fingerprint density at radius 2 is 2.06 bits per heavy atom. The van der Waals surface area contributed by atoms with Crippen LogP contribution >= 0.6 is 0 Å². The molecule has 0 N–H and O–H groups in total. The Hall–Kier alpha value is -4.19. The first-order valence-electron chi connectivity index (χ1n) is 11.2. The number of hydrogen-bond donors (Lipinski definition) is 0. The topological polar surface area (TPSA) is 91.5 Å². The number of aromatic nitrogens is 2. The average Bonchev–Trinajstić information content (AvgIpc) is 3.54. The zero-order valence-electron chi connectivity index (χ0n) is 19.0. The molecule has 0 atom stereocenters. The number of amides is 1. The van der Waals surface area contributed by atoms with Crippen molar-refractivity contribution in [3.63, 3.8) is 0 Å². The van der Waals surface area contributed by atoms with Crippen LogP contribution in [0.3, 0.4) is 0 Å². The molecule has 2 aromatic heterocycles. The number of nitriles is 1. The summed E-state index contributed by atoms with van der Waals surface area (Å²) in [6.07, 6.45) is 6.43. The molecule has 7 nitrogen and oxygen atoms in total. The fraction of sp³-hybridized carbons (Fsp3) is 0.269. The lowest BCUT2D eigenvalue weighted by Gasteiger charge is -2.20. The number of hydrogen-bond acceptors (Lipinski definition) is 6. The van der Waals surface area contributed by atoms with Crippen molar-refractivity contribution >= 4 is 12.1 Å². The van der Waals surface area contributed by atoms with E-state index >= 15 is 0 Å². The molecule has 1 aliphatic heterocycles. The van der Waals surface area contributed by atoms with Gasteiger partial charge >= 0.3 is 0 Å². The van der Waals surface area contributed by atoms with E-state index in [2.05, 4.69) is 15.0 Å². The van der Waals surface area contributed by atoms with Crippen molar-refractivity contribution in [1.29, 1.82) is 5.26 Å². The maximum absolute atomic E-state index is 14.1. The number of carbonyl (C=O) groups is 1. The van der Waals surface area contributed by atoms with Crippen molar-refractivity contribution in [2.75, 3.05) is 7.05 Å². The minimum absolute atomic E-state index is 0.0188. The van der Waals surface area contributed by atoms with E-state index in [9.17, 15) is 18.8 Å². The van der Waals surface area contributed by atoms with E-state index in [0.717, 1.165) is 30.0 Å². The second-order valence-corrected chi connectivity index (χ2v) is 8.62. The van der Waals surface area contributed by atoms with E-state index < -0.39 is 12.5 Å². The summed E-state index contributed by atoms with van der Waals surface area (Å²) in [5, 5.41) is 9.20. The van der Waals surface area contributed by atoms with Crippen LogP contribution in [0, 0.1) is 17.1 Å². The second-order valence-electron chi connectivity index (χ2n) is 8.62. The molecule has 0 unspecified atom stereocenters. The van der Waals surface area contributed by atoms with Crippen LogP contribution in [0.1, 0.15) is 51.1 Å². The molecule has 0 spiro atoms. The number of nitrogens with zero attached hydrogens (tertiary/aromatic N) is 5. The summed E-state index contributed by atoms with van der Waals surface area (Å²) in [7, 11) is 1.66. The number of carbonyl (C=O) groups excluding carboxylic acids is 1. The Labute approximate surface area is 200 Å². The van der Waals surface area contributed by atoms with Crippen LogP contribution in [-0.4, -0.2) is 40.1 Å². The Balaban J connectivity index is 1.43. The highest BCUT2D eigenvalue weighted by molar-refractivity contribution is 5.95. The predicted molar refractivity (Wildman–Crippen MR) is 124 cm³/mol. The van der Waals surface area contributed by atoms with Crippen LogP contribution in [0.5, 0.6) is 5.75 Å². The van der Waals surface area contributed by atoms with Crippen LogP contribution in [0.4, 0.5) is 8.78 Å². The van der Waals surface area contributed by atoms with Gasteiger partial charge in [-0.05, 0) is 48.2 Å². The molecule has 0 saturated heterocycles. The summed E-state index contributed by atoms with van der Waals surface area (Å²) in [5.41, 5.74) is 3.95. The quantitative estimate of drug-likeness (QED) is 0.508. The van der Waals surface area contributed by atoms with Crippen molar-refractivity contribution in [3.05, 3.63) is 76.0 Å². The zero-order chi connectivity index (χ0) is 24.5. The Kier molecular flexibility index (Phi) is 5.95. The van der Waals surface area contributed by atoms with Crippen molar-refractivity contribution in [2.24, 2.45) is 4.99 Å². The van der Waals surface area contributed by atoms with Crippen molar-refractivity contribution < 1.29 is 18.3 Å². The number of aliphatic imine (C=N–C) groups is 1. The first kappa shape index (κ1) is 22.6. The van der Waals surface area contributed by atoms with E-state index in [-0.39, 0.29) is 24.1 Å². The van der Waals surface area contributed by atoms with Crippen LogP contribution in [0.15, 0.2) is 41.7 Å². The third kappa shape index (κ3) is 4.60. The van der Waals surface area contributed by atoms with Gasteiger partial charge in [-0.25, -0.2) is 8.78 Å². The van der Waals surface area contributed by atoms with E-state index in [4.69, 9.17) is 4.74 Å². The van der Waals surface area contributed by atoms with Gasteiger partial charge in [0.1, 0.15) is 23.9 Å². The molecule has 35 heavy (non-hydrogen) atoms. The molecule has 1 fully saturated rings. The van der Waals surface area contributed by atoms with Crippen LogP contribution in [-0.2, 0) is 19.8 Å². The molecule has 1 amide bonds. The van der Waals surface area contributed by atoms with Gasteiger partial charge in [0.15, 0.2) is 0 Å². The number of ether oxygens (including phenoxy) is 1.